The van der Waals surface area contributed by atoms with Crippen LogP contribution in [0.5, 0.6) is 11.5 Å². The molecule has 0 bridgehead atoms. The molecule has 0 saturated carbocycles. The molecule has 0 N–H and O–H groups in total. The van der Waals surface area contributed by atoms with Crippen molar-refractivity contribution in [3.63, 3.8) is 0 Å². The molecule has 0 radical (unpaired) electrons. The minimum atomic E-state index is 0.107. The van der Waals surface area contributed by atoms with Crippen LogP contribution in [-0.2, 0) is 0 Å². The summed E-state index contributed by atoms with van der Waals surface area (Å²) in [7, 11) is 0. The Morgan fingerprint density at radius 2 is 1.89 bits per heavy atom. The summed E-state index contributed by atoms with van der Waals surface area (Å²) >= 11 is 2.22. The normalized spacial score (nSPS) is 10.7. The fraction of sp³-hybridized carbons (Fsp3) is 0.250. The number of halogens is 1. The van der Waals surface area contributed by atoms with Crippen molar-refractivity contribution >= 4 is 22.6 Å². The standard InChI is InChI=1S/C20H18IN3O3/c1-4-25-17-7-6-14(9-15(17)11-22)20-23-19(24-27-20)13-5-8-18(16(21)10-13)26-12(2)3/h5-10,12H,4H2,1-3H3. The molecule has 3 aromatic rings. The third-order valence-electron chi connectivity index (χ3n) is 3.63. The Labute approximate surface area is 171 Å². The van der Waals surface area contributed by atoms with Crippen molar-refractivity contribution < 1.29 is 14.0 Å². The van der Waals surface area contributed by atoms with E-state index in [1.165, 1.54) is 0 Å². The highest BCUT2D eigenvalue weighted by molar-refractivity contribution is 14.1. The lowest BCUT2D eigenvalue weighted by Crippen LogP contribution is -2.06. The monoisotopic (exact) mass is 475 g/mol. The van der Waals surface area contributed by atoms with Gasteiger partial charge in [0, 0.05) is 11.1 Å². The molecule has 1 aromatic heterocycles. The topological polar surface area (TPSA) is 81.2 Å². The molecule has 6 nitrogen and oxygen atoms in total. The predicted octanol–water partition coefficient (Wildman–Crippen LogP) is 5.07. The van der Waals surface area contributed by atoms with Gasteiger partial charge in [-0.3, -0.25) is 0 Å². The Morgan fingerprint density at radius 1 is 1.15 bits per heavy atom. The maximum Gasteiger partial charge on any atom is 0.258 e. The van der Waals surface area contributed by atoms with Crippen LogP contribution in [0.25, 0.3) is 22.8 Å². The summed E-state index contributed by atoms with van der Waals surface area (Å²) in [5.41, 5.74) is 1.93. The second-order valence-electron chi connectivity index (χ2n) is 5.99. The third kappa shape index (κ3) is 4.39. The van der Waals surface area contributed by atoms with Crippen LogP contribution in [0.15, 0.2) is 40.9 Å². The van der Waals surface area contributed by atoms with Crippen LogP contribution in [-0.4, -0.2) is 22.9 Å². The number of hydrogen-bond acceptors (Lipinski definition) is 6. The zero-order valence-corrected chi connectivity index (χ0v) is 17.4. The molecule has 2 aromatic carbocycles. The van der Waals surface area contributed by atoms with Crippen molar-refractivity contribution in [3.8, 4) is 40.4 Å². The SMILES string of the molecule is CCOc1ccc(-c2nc(-c3ccc(OC(C)C)c(I)c3)no2)cc1C#N. The van der Waals surface area contributed by atoms with E-state index in [-0.39, 0.29) is 6.10 Å². The second-order valence-corrected chi connectivity index (χ2v) is 7.15. The Kier molecular flexibility index (Phi) is 5.96. The first-order chi connectivity index (χ1) is 13.0. The van der Waals surface area contributed by atoms with E-state index in [4.69, 9.17) is 14.0 Å². The molecule has 0 atom stereocenters. The smallest absolute Gasteiger partial charge is 0.258 e. The van der Waals surface area contributed by atoms with Gasteiger partial charge >= 0.3 is 0 Å². The number of ether oxygens (including phenoxy) is 2. The molecule has 27 heavy (non-hydrogen) atoms. The van der Waals surface area contributed by atoms with Gasteiger partial charge in [-0.2, -0.15) is 10.2 Å². The molecule has 0 aliphatic rings. The molecule has 0 unspecified atom stereocenters. The van der Waals surface area contributed by atoms with Gasteiger partial charge in [0.15, 0.2) is 0 Å². The van der Waals surface area contributed by atoms with Crippen LogP contribution in [0.1, 0.15) is 26.3 Å². The summed E-state index contributed by atoms with van der Waals surface area (Å²) < 4.78 is 17.6. The Morgan fingerprint density at radius 3 is 2.56 bits per heavy atom. The largest absolute Gasteiger partial charge is 0.492 e. The maximum absolute atomic E-state index is 9.31. The first-order valence-electron chi connectivity index (χ1n) is 8.49. The van der Waals surface area contributed by atoms with Gasteiger partial charge in [-0.25, -0.2) is 0 Å². The van der Waals surface area contributed by atoms with Gasteiger partial charge in [-0.1, -0.05) is 5.16 Å². The lowest BCUT2D eigenvalue weighted by molar-refractivity contribution is 0.240. The fourth-order valence-corrected chi connectivity index (χ4v) is 3.12. The van der Waals surface area contributed by atoms with Crippen LogP contribution in [0.2, 0.25) is 0 Å². The summed E-state index contributed by atoms with van der Waals surface area (Å²) in [5, 5.41) is 13.4. The summed E-state index contributed by atoms with van der Waals surface area (Å²) in [6.07, 6.45) is 0.107. The number of aromatic nitrogens is 2. The van der Waals surface area contributed by atoms with Gasteiger partial charge in [0.05, 0.1) is 21.8 Å². The number of rotatable bonds is 6. The van der Waals surface area contributed by atoms with E-state index in [9.17, 15) is 5.26 Å². The average Bonchev–Trinajstić information content (AvgIpc) is 3.14. The highest BCUT2D eigenvalue weighted by Crippen LogP contribution is 2.30. The highest BCUT2D eigenvalue weighted by Gasteiger charge is 2.14. The van der Waals surface area contributed by atoms with E-state index < -0.39 is 0 Å². The molecule has 0 aliphatic heterocycles. The Hall–Kier alpha value is -2.60. The first-order valence-corrected chi connectivity index (χ1v) is 9.57. The molecule has 0 spiro atoms. The first kappa shape index (κ1) is 19.2. The van der Waals surface area contributed by atoms with Crippen LogP contribution < -0.4 is 9.47 Å². The van der Waals surface area contributed by atoms with Gasteiger partial charge in [0.25, 0.3) is 5.89 Å². The third-order valence-corrected chi connectivity index (χ3v) is 4.47. The van der Waals surface area contributed by atoms with Gasteiger partial charge in [0.1, 0.15) is 17.6 Å². The van der Waals surface area contributed by atoms with Crippen LogP contribution >= 0.6 is 22.6 Å². The maximum atomic E-state index is 9.31. The Balaban J connectivity index is 1.89. The van der Waals surface area contributed by atoms with Crippen molar-refractivity contribution in [1.82, 2.24) is 10.1 Å². The minimum Gasteiger partial charge on any atom is -0.492 e. The number of benzene rings is 2. The zero-order valence-electron chi connectivity index (χ0n) is 15.2. The summed E-state index contributed by atoms with van der Waals surface area (Å²) in [4.78, 5) is 4.46. The second kappa shape index (κ2) is 8.39. The van der Waals surface area contributed by atoms with E-state index in [0.717, 1.165) is 14.9 Å². The fourth-order valence-electron chi connectivity index (χ4n) is 2.48. The van der Waals surface area contributed by atoms with Gasteiger partial charge in [-0.15, -0.1) is 0 Å². The molecule has 0 saturated heterocycles. The summed E-state index contributed by atoms with van der Waals surface area (Å²) in [5.74, 6) is 2.19. The molecular weight excluding hydrogens is 457 g/mol. The molecule has 0 amide bonds. The highest BCUT2D eigenvalue weighted by atomic mass is 127. The summed E-state index contributed by atoms with van der Waals surface area (Å²) in [6, 6.07) is 13.1. The molecule has 1 heterocycles. The molecule has 3 rings (SSSR count). The zero-order chi connectivity index (χ0) is 19.4. The van der Waals surface area contributed by atoms with Crippen molar-refractivity contribution in [3.05, 3.63) is 45.5 Å². The number of nitriles is 1. The van der Waals surface area contributed by atoms with E-state index in [1.807, 2.05) is 39.0 Å². The van der Waals surface area contributed by atoms with Crippen molar-refractivity contribution in [2.24, 2.45) is 0 Å². The van der Waals surface area contributed by atoms with Crippen LogP contribution in [0.4, 0.5) is 0 Å². The van der Waals surface area contributed by atoms with Crippen LogP contribution in [0, 0.1) is 14.9 Å². The molecule has 7 heteroatoms. The van der Waals surface area contributed by atoms with E-state index in [0.29, 0.717) is 35.2 Å². The molecule has 138 valence electrons. The number of nitrogens with zero attached hydrogens (tertiary/aromatic N) is 3. The van der Waals surface area contributed by atoms with E-state index in [1.54, 1.807) is 18.2 Å². The molecular formula is C20H18IN3O3. The van der Waals surface area contributed by atoms with Crippen molar-refractivity contribution in [1.29, 1.82) is 5.26 Å². The predicted molar refractivity (Wildman–Crippen MR) is 110 cm³/mol. The average molecular weight is 475 g/mol. The lowest BCUT2D eigenvalue weighted by atomic mass is 10.1. The van der Waals surface area contributed by atoms with Crippen molar-refractivity contribution in [2.45, 2.75) is 26.9 Å². The molecule has 0 aliphatic carbocycles. The summed E-state index contributed by atoms with van der Waals surface area (Å²) in [6.45, 7) is 6.34. The molecule has 0 fully saturated rings. The minimum absolute atomic E-state index is 0.107. The van der Waals surface area contributed by atoms with Crippen molar-refractivity contribution in [2.75, 3.05) is 6.61 Å². The van der Waals surface area contributed by atoms with Gasteiger partial charge < -0.3 is 14.0 Å². The Bertz CT molecular complexity index is 992. The van der Waals surface area contributed by atoms with Gasteiger partial charge in [-0.05, 0) is 79.8 Å². The number of hydrogen-bond donors (Lipinski definition) is 0. The van der Waals surface area contributed by atoms with E-state index >= 15 is 0 Å². The quantitative estimate of drug-likeness (QED) is 0.464. The van der Waals surface area contributed by atoms with Crippen LogP contribution in [0.3, 0.4) is 0 Å². The van der Waals surface area contributed by atoms with Gasteiger partial charge in [0.2, 0.25) is 5.82 Å². The lowest BCUT2D eigenvalue weighted by Gasteiger charge is -2.11. The van der Waals surface area contributed by atoms with E-state index in [2.05, 4.69) is 38.8 Å².